The number of nitrogens with zero attached hydrogens (tertiary/aromatic N) is 3. The molecule has 1 amide bonds. The Morgan fingerprint density at radius 3 is 2.90 bits per heavy atom. The summed E-state index contributed by atoms with van der Waals surface area (Å²) in [7, 11) is 1.89. The minimum absolute atomic E-state index is 0.118. The molecule has 6 heteroatoms. The zero-order chi connectivity index (χ0) is 14.3. The zero-order valence-corrected chi connectivity index (χ0v) is 12.7. The van der Waals surface area contributed by atoms with Crippen LogP contribution in [-0.4, -0.2) is 33.1 Å². The van der Waals surface area contributed by atoms with Crippen LogP contribution in [0.5, 0.6) is 0 Å². The second-order valence-electron chi connectivity index (χ2n) is 5.70. The minimum atomic E-state index is 0.118. The summed E-state index contributed by atoms with van der Waals surface area (Å²) in [5.41, 5.74) is 1.11. The average molecular weight is 293 g/mol. The highest BCUT2D eigenvalue weighted by atomic mass is 32.2. The molecule has 1 saturated carbocycles. The van der Waals surface area contributed by atoms with Crippen LogP contribution in [0.15, 0.2) is 6.07 Å². The van der Waals surface area contributed by atoms with Crippen molar-refractivity contribution >= 4 is 28.6 Å². The van der Waals surface area contributed by atoms with Crippen molar-refractivity contribution in [2.75, 3.05) is 17.2 Å². The predicted octanol–water partition coefficient (Wildman–Crippen LogP) is 1.93. The molecule has 2 heterocycles. The maximum atomic E-state index is 12.2. The van der Waals surface area contributed by atoms with Gasteiger partial charge in [0, 0.05) is 44.7 Å². The third-order valence-electron chi connectivity index (χ3n) is 3.87. The van der Waals surface area contributed by atoms with Crippen molar-refractivity contribution in [2.45, 2.75) is 32.1 Å². The highest BCUT2D eigenvalue weighted by Crippen LogP contribution is 2.40. The number of amides is 1. The molecule has 0 N–H and O–H groups in total. The monoisotopic (exact) mass is 293 g/mol. The second-order valence-corrected chi connectivity index (χ2v) is 6.90. The quantitative estimate of drug-likeness (QED) is 0.851. The fraction of sp³-hybridized carbons (Fsp3) is 0.643. The summed E-state index contributed by atoms with van der Waals surface area (Å²) >= 11 is 1.31. The van der Waals surface area contributed by atoms with Gasteiger partial charge in [0.25, 0.3) is 0 Å². The first-order chi connectivity index (χ1) is 9.54. The van der Waals surface area contributed by atoms with Crippen molar-refractivity contribution in [3.63, 3.8) is 0 Å². The standard InChI is InChI=1S/C14H19N3O2S/c1-9(18)20-8-10-5-14(19)17(7-10)13-6-12(11-3-4-11)15-16(13)2/h6,10-11H,3-5,7-8H2,1-2H3. The lowest BCUT2D eigenvalue weighted by Crippen LogP contribution is -2.26. The molecule has 1 aliphatic carbocycles. The molecule has 1 unspecified atom stereocenters. The number of rotatable bonds is 4. The molecular formula is C14H19N3O2S. The van der Waals surface area contributed by atoms with Crippen molar-refractivity contribution in [1.82, 2.24) is 9.78 Å². The lowest BCUT2D eigenvalue weighted by molar-refractivity contribution is -0.117. The topological polar surface area (TPSA) is 55.2 Å². The van der Waals surface area contributed by atoms with Gasteiger partial charge in [0.15, 0.2) is 5.12 Å². The van der Waals surface area contributed by atoms with E-state index in [-0.39, 0.29) is 16.9 Å². The van der Waals surface area contributed by atoms with Gasteiger partial charge in [-0.1, -0.05) is 11.8 Å². The lowest BCUT2D eigenvalue weighted by atomic mass is 10.1. The number of thioether (sulfide) groups is 1. The van der Waals surface area contributed by atoms with Crippen LogP contribution in [0.3, 0.4) is 0 Å². The molecule has 20 heavy (non-hydrogen) atoms. The number of carbonyl (C=O) groups is 2. The Bertz CT molecular complexity index is 551. The zero-order valence-electron chi connectivity index (χ0n) is 11.8. The highest BCUT2D eigenvalue weighted by molar-refractivity contribution is 8.13. The molecule has 1 aromatic rings. The number of aromatic nitrogens is 2. The summed E-state index contributed by atoms with van der Waals surface area (Å²) in [6.45, 7) is 2.27. The number of hydrogen-bond acceptors (Lipinski definition) is 4. The Hall–Kier alpha value is -1.30. The Labute approximate surface area is 122 Å². The Balaban J connectivity index is 1.70. The molecule has 5 nitrogen and oxygen atoms in total. The summed E-state index contributed by atoms with van der Waals surface area (Å²) in [6.07, 6.45) is 2.95. The summed E-state index contributed by atoms with van der Waals surface area (Å²) in [4.78, 5) is 25.0. The molecule has 1 saturated heterocycles. The fourth-order valence-corrected chi connectivity index (χ4v) is 3.35. The molecule has 0 radical (unpaired) electrons. The number of hydrogen-bond donors (Lipinski definition) is 0. The van der Waals surface area contributed by atoms with Gasteiger partial charge in [-0.15, -0.1) is 0 Å². The third-order valence-corrected chi connectivity index (χ3v) is 4.92. The van der Waals surface area contributed by atoms with Gasteiger partial charge in [0.05, 0.1) is 5.69 Å². The molecule has 1 atom stereocenters. The minimum Gasteiger partial charge on any atom is -0.297 e. The van der Waals surface area contributed by atoms with Crippen molar-refractivity contribution in [1.29, 1.82) is 0 Å². The molecular weight excluding hydrogens is 274 g/mol. The van der Waals surface area contributed by atoms with Gasteiger partial charge in [-0.2, -0.15) is 5.10 Å². The van der Waals surface area contributed by atoms with Gasteiger partial charge in [-0.3, -0.25) is 19.2 Å². The predicted molar refractivity (Wildman–Crippen MR) is 78.8 cm³/mol. The largest absolute Gasteiger partial charge is 0.297 e. The van der Waals surface area contributed by atoms with E-state index in [1.807, 2.05) is 16.6 Å². The molecule has 108 valence electrons. The van der Waals surface area contributed by atoms with Gasteiger partial charge in [-0.25, -0.2) is 0 Å². The first-order valence-electron chi connectivity index (χ1n) is 7.02. The molecule has 2 aliphatic rings. The third kappa shape index (κ3) is 2.75. The molecule has 0 spiro atoms. The maximum absolute atomic E-state index is 12.2. The van der Waals surface area contributed by atoms with Crippen molar-refractivity contribution in [3.05, 3.63) is 11.8 Å². The van der Waals surface area contributed by atoms with E-state index in [9.17, 15) is 9.59 Å². The Morgan fingerprint density at radius 2 is 2.25 bits per heavy atom. The summed E-state index contributed by atoms with van der Waals surface area (Å²) in [5.74, 6) is 2.62. The van der Waals surface area contributed by atoms with E-state index in [4.69, 9.17) is 0 Å². The summed E-state index contributed by atoms with van der Waals surface area (Å²) in [5, 5.41) is 4.63. The fourth-order valence-electron chi connectivity index (χ4n) is 2.66. The van der Waals surface area contributed by atoms with E-state index in [1.54, 1.807) is 6.92 Å². The van der Waals surface area contributed by atoms with Gasteiger partial charge < -0.3 is 0 Å². The van der Waals surface area contributed by atoms with Crippen molar-refractivity contribution in [2.24, 2.45) is 13.0 Å². The van der Waals surface area contributed by atoms with E-state index in [0.29, 0.717) is 18.9 Å². The van der Waals surface area contributed by atoms with E-state index in [1.165, 1.54) is 24.6 Å². The van der Waals surface area contributed by atoms with Crippen LogP contribution in [0.2, 0.25) is 0 Å². The van der Waals surface area contributed by atoms with Gasteiger partial charge in [0.2, 0.25) is 5.91 Å². The van der Waals surface area contributed by atoms with E-state index in [0.717, 1.165) is 17.3 Å². The van der Waals surface area contributed by atoms with Gasteiger partial charge in [-0.05, 0) is 18.8 Å². The van der Waals surface area contributed by atoms with Crippen LogP contribution in [0, 0.1) is 5.92 Å². The van der Waals surface area contributed by atoms with Crippen LogP contribution >= 0.6 is 11.8 Å². The van der Waals surface area contributed by atoms with Gasteiger partial charge in [0.1, 0.15) is 5.82 Å². The van der Waals surface area contributed by atoms with Crippen molar-refractivity contribution in [3.8, 4) is 0 Å². The number of aryl methyl sites for hydroxylation is 1. The van der Waals surface area contributed by atoms with E-state index in [2.05, 4.69) is 11.2 Å². The molecule has 1 aromatic heterocycles. The van der Waals surface area contributed by atoms with Gasteiger partial charge >= 0.3 is 0 Å². The number of anilines is 1. The van der Waals surface area contributed by atoms with Crippen molar-refractivity contribution < 1.29 is 9.59 Å². The molecule has 1 aliphatic heterocycles. The van der Waals surface area contributed by atoms with Crippen LogP contribution in [0.1, 0.15) is 37.8 Å². The van der Waals surface area contributed by atoms with E-state index >= 15 is 0 Å². The second kappa shape index (κ2) is 5.24. The SMILES string of the molecule is CC(=O)SCC1CC(=O)N(c2cc(C3CC3)nn2C)C1. The molecule has 3 rings (SSSR count). The maximum Gasteiger partial charge on any atom is 0.228 e. The smallest absolute Gasteiger partial charge is 0.228 e. The molecule has 0 aromatic carbocycles. The van der Waals surface area contributed by atoms with E-state index < -0.39 is 0 Å². The van der Waals surface area contributed by atoms with Crippen LogP contribution in [0.4, 0.5) is 5.82 Å². The Morgan fingerprint density at radius 1 is 1.50 bits per heavy atom. The first-order valence-corrected chi connectivity index (χ1v) is 8.01. The van der Waals surface area contributed by atoms with Crippen LogP contribution in [0.25, 0.3) is 0 Å². The highest BCUT2D eigenvalue weighted by Gasteiger charge is 2.34. The first kappa shape index (κ1) is 13.7. The average Bonchev–Trinajstić information content (AvgIpc) is 3.07. The summed E-state index contributed by atoms with van der Waals surface area (Å²) in [6, 6.07) is 2.05. The molecule has 0 bridgehead atoms. The number of carbonyl (C=O) groups excluding carboxylic acids is 2. The Kier molecular flexibility index (Phi) is 3.58. The normalized spacial score (nSPS) is 22.6. The van der Waals surface area contributed by atoms with Crippen LogP contribution < -0.4 is 4.90 Å². The molecule has 2 fully saturated rings. The summed E-state index contributed by atoms with van der Waals surface area (Å²) < 4.78 is 1.81. The lowest BCUT2D eigenvalue weighted by Gasteiger charge is -2.16. The van der Waals surface area contributed by atoms with Crippen LogP contribution in [-0.2, 0) is 16.6 Å².